The van der Waals surface area contributed by atoms with Crippen LogP contribution in [0.4, 0.5) is 18.9 Å². The third-order valence-electron chi connectivity index (χ3n) is 5.75. The summed E-state index contributed by atoms with van der Waals surface area (Å²) in [5.74, 6) is -1.51. The first-order chi connectivity index (χ1) is 17.6. The lowest BCUT2D eigenvalue weighted by atomic mass is 10.0. The van der Waals surface area contributed by atoms with Crippen LogP contribution in [0.2, 0.25) is 0 Å². The minimum absolute atomic E-state index is 0.00624. The predicted octanol–water partition coefficient (Wildman–Crippen LogP) is 4.33. The number of thiophene rings is 1. The van der Waals surface area contributed by atoms with E-state index in [0.29, 0.717) is 23.6 Å². The van der Waals surface area contributed by atoms with E-state index in [-0.39, 0.29) is 38.5 Å². The Bertz CT molecular complexity index is 1550. The number of nitrogens with one attached hydrogen (secondary N) is 1. The SMILES string of the molecule is CCn1cc(C2=NOC(C(=O)Nc3c(C(N)=O)sc4nc(C(F)(F)F)cc(-c5ccco5)c34)C2)c(C)n1. The second-order valence-corrected chi connectivity index (χ2v) is 9.19. The van der Waals surface area contributed by atoms with Crippen molar-refractivity contribution in [2.24, 2.45) is 10.9 Å². The first-order valence-electron chi connectivity index (χ1n) is 11.0. The van der Waals surface area contributed by atoms with Crippen LogP contribution >= 0.6 is 11.3 Å². The Morgan fingerprint density at radius 3 is 2.73 bits per heavy atom. The number of nitrogens with two attached hydrogens (primary N) is 1. The van der Waals surface area contributed by atoms with Crippen LogP contribution in [0.25, 0.3) is 21.5 Å². The number of aryl methyl sites for hydroxylation is 2. The van der Waals surface area contributed by atoms with E-state index < -0.39 is 29.8 Å². The molecule has 0 aromatic carbocycles. The highest BCUT2D eigenvalue weighted by Crippen LogP contribution is 2.44. The summed E-state index contributed by atoms with van der Waals surface area (Å²) >= 11 is 0.640. The first-order valence-corrected chi connectivity index (χ1v) is 11.8. The number of carbonyl (C=O) groups is 2. The van der Waals surface area contributed by atoms with Gasteiger partial charge in [0, 0.05) is 35.7 Å². The highest BCUT2D eigenvalue weighted by molar-refractivity contribution is 7.21. The zero-order valence-electron chi connectivity index (χ0n) is 19.4. The number of amides is 2. The molecule has 0 bridgehead atoms. The van der Waals surface area contributed by atoms with Crippen LogP contribution in [-0.4, -0.2) is 38.4 Å². The average molecular weight is 533 g/mol. The van der Waals surface area contributed by atoms with Gasteiger partial charge in [0.25, 0.3) is 11.8 Å². The van der Waals surface area contributed by atoms with E-state index in [1.165, 1.54) is 18.4 Å². The molecule has 0 saturated carbocycles. The van der Waals surface area contributed by atoms with E-state index in [1.54, 1.807) is 10.9 Å². The second kappa shape index (κ2) is 9.03. The number of pyridine rings is 1. The van der Waals surface area contributed by atoms with Crippen molar-refractivity contribution < 1.29 is 32.0 Å². The van der Waals surface area contributed by atoms with Gasteiger partial charge in [-0.05, 0) is 32.0 Å². The maximum atomic E-state index is 13.6. The van der Waals surface area contributed by atoms with E-state index in [0.717, 1.165) is 17.3 Å². The van der Waals surface area contributed by atoms with E-state index in [9.17, 15) is 22.8 Å². The molecule has 0 spiro atoms. The van der Waals surface area contributed by atoms with Crippen LogP contribution in [0.15, 0.2) is 40.2 Å². The van der Waals surface area contributed by atoms with Crippen LogP contribution in [0.1, 0.15) is 40.0 Å². The summed E-state index contributed by atoms with van der Waals surface area (Å²) in [5, 5.41) is 11.1. The molecule has 1 unspecified atom stereocenters. The summed E-state index contributed by atoms with van der Waals surface area (Å²) < 4.78 is 47.8. The minimum atomic E-state index is -4.76. The highest BCUT2D eigenvalue weighted by Gasteiger charge is 2.36. The Morgan fingerprint density at radius 1 is 1.32 bits per heavy atom. The fourth-order valence-corrected chi connectivity index (χ4v) is 5.01. The third-order valence-corrected chi connectivity index (χ3v) is 6.85. The monoisotopic (exact) mass is 532 g/mol. The van der Waals surface area contributed by atoms with Gasteiger partial charge in [-0.3, -0.25) is 14.3 Å². The van der Waals surface area contributed by atoms with Crippen LogP contribution in [0.3, 0.4) is 0 Å². The van der Waals surface area contributed by atoms with Crippen LogP contribution in [0, 0.1) is 6.92 Å². The van der Waals surface area contributed by atoms with E-state index >= 15 is 0 Å². The average Bonchev–Trinajstić information content (AvgIpc) is 3.63. The molecule has 5 rings (SSSR count). The molecule has 0 fully saturated rings. The molecule has 3 N–H and O–H groups in total. The summed E-state index contributed by atoms with van der Waals surface area (Å²) in [6, 6.07) is 3.76. The van der Waals surface area contributed by atoms with E-state index in [2.05, 4.69) is 20.6 Å². The highest BCUT2D eigenvalue weighted by atomic mass is 32.1. The lowest BCUT2D eigenvalue weighted by Crippen LogP contribution is -2.29. The molecule has 1 aliphatic rings. The van der Waals surface area contributed by atoms with E-state index in [1.807, 2.05) is 13.8 Å². The predicted molar refractivity (Wildman–Crippen MR) is 128 cm³/mol. The van der Waals surface area contributed by atoms with Gasteiger partial charge >= 0.3 is 6.18 Å². The zero-order chi connectivity index (χ0) is 26.5. The number of nitrogens with zero attached hydrogens (tertiary/aromatic N) is 4. The first kappa shape index (κ1) is 24.5. The summed E-state index contributed by atoms with van der Waals surface area (Å²) in [6.07, 6.45) is -2.59. The quantitative estimate of drug-likeness (QED) is 0.379. The maximum Gasteiger partial charge on any atom is 0.433 e. The van der Waals surface area contributed by atoms with Gasteiger partial charge in [-0.25, -0.2) is 4.98 Å². The lowest BCUT2D eigenvalue weighted by molar-refractivity contribution is -0.140. The molecule has 192 valence electrons. The normalized spacial score (nSPS) is 15.6. The molecular weight excluding hydrogens is 513 g/mol. The number of furan rings is 1. The Kier molecular flexibility index (Phi) is 5.98. The van der Waals surface area contributed by atoms with Crippen molar-refractivity contribution >= 4 is 44.8 Å². The molecule has 4 aromatic rings. The maximum absolute atomic E-state index is 13.6. The number of hydrogen-bond acceptors (Lipinski definition) is 8. The van der Waals surface area contributed by atoms with Crippen molar-refractivity contribution in [1.29, 1.82) is 0 Å². The number of halogens is 3. The van der Waals surface area contributed by atoms with Crippen molar-refractivity contribution in [2.45, 2.75) is 39.1 Å². The standard InChI is InChI=1S/C23H19F3N6O4S/c1-3-32-9-12(10(2)30-32)13-8-15(36-31-13)21(34)29-18-17-11(14-5-4-6-35-14)7-16(23(24,25)26)28-22(17)37-19(18)20(27)33/h4-7,9,15H,3,8H2,1-2H3,(H2,27,33)(H,29,34). The fourth-order valence-electron chi connectivity index (χ4n) is 4.01. The van der Waals surface area contributed by atoms with Gasteiger partial charge in [-0.15, -0.1) is 11.3 Å². The largest absolute Gasteiger partial charge is 0.464 e. The second-order valence-electron chi connectivity index (χ2n) is 8.19. The topological polar surface area (TPSA) is 138 Å². The molecule has 2 amide bonds. The number of rotatable bonds is 6. The lowest BCUT2D eigenvalue weighted by Gasteiger charge is -2.12. The fraction of sp³-hybridized carbons (Fsp3) is 0.261. The van der Waals surface area contributed by atoms with Crippen molar-refractivity contribution in [3.8, 4) is 11.3 Å². The van der Waals surface area contributed by atoms with Gasteiger partial charge < -0.3 is 20.3 Å². The van der Waals surface area contributed by atoms with Crippen LogP contribution in [0.5, 0.6) is 0 Å². The Labute approximate surface area is 210 Å². The van der Waals surface area contributed by atoms with Crippen LogP contribution in [-0.2, 0) is 22.4 Å². The smallest absolute Gasteiger partial charge is 0.433 e. The van der Waals surface area contributed by atoms with Crippen molar-refractivity contribution in [2.75, 3.05) is 5.32 Å². The number of oxime groups is 1. The molecule has 4 aromatic heterocycles. The minimum Gasteiger partial charge on any atom is -0.464 e. The number of aromatic nitrogens is 3. The molecule has 37 heavy (non-hydrogen) atoms. The summed E-state index contributed by atoms with van der Waals surface area (Å²) in [4.78, 5) is 34.1. The number of carbonyl (C=O) groups excluding carboxylic acids is 2. The third kappa shape index (κ3) is 4.43. The van der Waals surface area contributed by atoms with Gasteiger partial charge in [0.15, 0.2) is 0 Å². The van der Waals surface area contributed by atoms with Gasteiger partial charge in [0.1, 0.15) is 21.2 Å². The van der Waals surface area contributed by atoms with Crippen LogP contribution < -0.4 is 11.1 Å². The molecule has 1 atom stereocenters. The summed E-state index contributed by atoms with van der Waals surface area (Å²) in [7, 11) is 0. The van der Waals surface area contributed by atoms with Gasteiger partial charge in [0.05, 0.1) is 23.4 Å². The van der Waals surface area contributed by atoms with Gasteiger partial charge in [0.2, 0.25) is 6.10 Å². The number of fused-ring (bicyclic) bond motifs is 1. The van der Waals surface area contributed by atoms with Crippen molar-refractivity contribution in [1.82, 2.24) is 14.8 Å². The number of anilines is 1. The molecule has 10 nitrogen and oxygen atoms in total. The van der Waals surface area contributed by atoms with Gasteiger partial charge in [-0.1, -0.05) is 5.16 Å². The van der Waals surface area contributed by atoms with Gasteiger partial charge in [-0.2, -0.15) is 18.3 Å². The molecule has 1 aliphatic heterocycles. The molecule has 14 heteroatoms. The Balaban J connectivity index is 1.52. The molecule has 0 aliphatic carbocycles. The zero-order valence-corrected chi connectivity index (χ0v) is 20.2. The molecule has 5 heterocycles. The van der Waals surface area contributed by atoms with Crippen molar-refractivity contribution in [3.05, 3.63) is 52.5 Å². The number of alkyl halides is 3. The Hall–Kier alpha value is -4.20. The molecular formula is C23H19F3N6O4S. The Morgan fingerprint density at radius 2 is 2.11 bits per heavy atom. The summed E-state index contributed by atoms with van der Waals surface area (Å²) in [5.41, 5.74) is 6.24. The number of hydrogen-bond donors (Lipinski definition) is 2. The van der Waals surface area contributed by atoms with Crippen molar-refractivity contribution in [3.63, 3.8) is 0 Å². The molecule has 0 saturated heterocycles. The van der Waals surface area contributed by atoms with E-state index in [4.69, 9.17) is 15.0 Å². The number of primary amides is 1. The molecule has 0 radical (unpaired) electrons. The summed E-state index contributed by atoms with van der Waals surface area (Å²) in [6.45, 7) is 4.40.